The summed E-state index contributed by atoms with van der Waals surface area (Å²) in [7, 11) is 0. The van der Waals surface area contributed by atoms with Gasteiger partial charge in [0.25, 0.3) is 0 Å². The SMILES string of the molecule is c1ccc(-c2ccc(-c3nc(-c4cc(-c5ccccc5)cc(-c5ccccc5)c4)nc(-c4cccc5oc6c(-c7ccc(-c8ccccc8)c(-c8ccccc8)c7)cccc6c45)n3)cc2)cc1. The highest BCUT2D eigenvalue weighted by atomic mass is 16.3. The molecule has 0 saturated carbocycles. The molecule has 0 atom stereocenters. The van der Waals surface area contributed by atoms with Crippen LogP contribution in [0.2, 0.25) is 0 Å². The zero-order valence-corrected chi connectivity index (χ0v) is 36.4. The van der Waals surface area contributed by atoms with E-state index in [1.165, 1.54) is 11.1 Å². The largest absolute Gasteiger partial charge is 0.455 e. The highest BCUT2D eigenvalue weighted by Gasteiger charge is 2.21. The predicted molar refractivity (Wildman–Crippen MR) is 276 cm³/mol. The number of para-hydroxylation sites is 1. The lowest BCUT2D eigenvalue weighted by Crippen LogP contribution is -2.01. The van der Waals surface area contributed by atoms with E-state index < -0.39 is 0 Å². The second-order valence-electron chi connectivity index (χ2n) is 16.7. The van der Waals surface area contributed by atoms with Crippen molar-refractivity contribution in [3.05, 3.63) is 249 Å². The van der Waals surface area contributed by atoms with E-state index in [1.54, 1.807) is 0 Å². The summed E-state index contributed by atoms with van der Waals surface area (Å²) in [5.74, 6) is 1.73. The maximum absolute atomic E-state index is 6.90. The van der Waals surface area contributed by atoms with Crippen LogP contribution in [-0.4, -0.2) is 15.0 Å². The van der Waals surface area contributed by atoms with E-state index in [-0.39, 0.29) is 0 Å². The Bertz CT molecular complexity index is 3640. The minimum atomic E-state index is 0.566. The van der Waals surface area contributed by atoms with Crippen LogP contribution in [0.15, 0.2) is 253 Å². The van der Waals surface area contributed by atoms with Crippen LogP contribution in [0.5, 0.6) is 0 Å². The standard InChI is InChI=1S/C63H41N3O/c1-6-18-42(19-7-1)45-32-34-48(35-33-45)61-64-62(52-39-50(43-20-8-2-9-21-43)38-51(40-52)44-22-10-3-11-23-44)66-63(65-61)56-30-17-31-58-59(56)55-29-16-28-54(60(55)67-58)49-36-37-53(46-24-12-4-13-25-46)57(41-49)47-26-14-5-15-27-47/h1-41H. The van der Waals surface area contributed by atoms with Crippen molar-refractivity contribution >= 4 is 21.9 Å². The molecule has 0 saturated heterocycles. The van der Waals surface area contributed by atoms with Crippen molar-refractivity contribution < 1.29 is 4.42 Å². The fraction of sp³-hybridized carbons (Fsp3) is 0. The number of nitrogens with zero attached hydrogens (tertiary/aromatic N) is 3. The lowest BCUT2D eigenvalue weighted by Gasteiger charge is -2.13. The molecule has 0 radical (unpaired) electrons. The number of rotatable bonds is 9. The average Bonchev–Trinajstić information content (AvgIpc) is 3.81. The summed E-state index contributed by atoms with van der Waals surface area (Å²) in [6.45, 7) is 0. The first-order chi connectivity index (χ1) is 33.2. The third-order valence-electron chi connectivity index (χ3n) is 12.6. The van der Waals surface area contributed by atoms with E-state index >= 15 is 0 Å². The zero-order valence-electron chi connectivity index (χ0n) is 36.4. The summed E-state index contributed by atoms with van der Waals surface area (Å²) in [5, 5.41) is 1.94. The third kappa shape index (κ3) is 7.67. The zero-order chi connectivity index (χ0) is 44.5. The summed E-state index contributed by atoms with van der Waals surface area (Å²) in [6.07, 6.45) is 0. The van der Waals surface area contributed by atoms with Crippen molar-refractivity contribution in [3.63, 3.8) is 0 Å². The van der Waals surface area contributed by atoms with E-state index in [1.807, 2.05) is 30.3 Å². The molecule has 2 aromatic heterocycles. The van der Waals surface area contributed by atoms with Gasteiger partial charge < -0.3 is 4.42 Å². The molecule has 0 aliphatic rings. The monoisotopic (exact) mass is 855 g/mol. The third-order valence-corrected chi connectivity index (χ3v) is 12.6. The van der Waals surface area contributed by atoms with Gasteiger partial charge in [-0.1, -0.05) is 218 Å². The molecule has 4 nitrogen and oxygen atoms in total. The Morgan fingerprint density at radius 1 is 0.239 bits per heavy atom. The Hall–Kier alpha value is -8.99. The molecule has 0 fully saturated rings. The number of benzene rings is 10. The van der Waals surface area contributed by atoms with Crippen LogP contribution >= 0.6 is 0 Å². The van der Waals surface area contributed by atoms with Gasteiger partial charge in [-0.15, -0.1) is 0 Å². The highest BCUT2D eigenvalue weighted by Crippen LogP contribution is 2.43. The second kappa shape index (κ2) is 17.2. The lowest BCUT2D eigenvalue weighted by molar-refractivity contribution is 0.670. The van der Waals surface area contributed by atoms with Crippen molar-refractivity contribution in [1.82, 2.24) is 15.0 Å². The van der Waals surface area contributed by atoms with E-state index in [2.05, 4.69) is 218 Å². The maximum Gasteiger partial charge on any atom is 0.164 e. The molecule has 0 spiro atoms. The van der Waals surface area contributed by atoms with Gasteiger partial charge in [0.05, 0.1) is 0 Å². The molecule has 12 rings (SSSR count). The molecule has 67 heavy (non-hydrogen) atoms. The molecule has 12 aromatic rings. The maximum atomic E-state index is 6.90. The number of fused-ring (bicyclic) bond motifs is 3. The first-order valence-corrected chi connectivity index (χ1v) is 22.6. The van der Waals surface area contributed by atoms with Gasteiger partial charge in [0, 0.05) is 33.0 Å². The molecule has 0 N–H and O–H groups in total. The number of hydrogen-bond acceptors (Lipinski definition) is 4. The van der Waals surface area contributed by atoms with Crippen molar-refractivity contribution in [2.24, 2.45) is 0 Å². The summed E-state index contributed by atoms with van der Waals surface area (Å²) in [4.78, 5) is 15.9. The Morgan fingerprint density at radius 2 is 0.672 bits per heavy atom. The predicted octanol–water partition coefficient (Wildman–Crippen LogP) is 16.8. The molecule has 10 aromatic carbocycles. The minimum absolute atomic E-state index is 0.566. The van der Waals surface area contributed by atoms with Gasteiger partial charge >= 0.3 is 0 Å². The summed E-state index contributed by atoms with van der Waals surface area (Å²) in [6, 6.07) is 87.0. The minimum Gasteiger partial charge on any atom is -0.455 e. The van der Waals surface area contributed by atoms with E-state index in [0.29, 0.717) is 17.5 Å². The second-order valence-corrected chi connectivity index (χ2v) is 16.7. The van der Waals surface area contributed by atoms with Gasteiger partial charge in [-0.2, -0.15) is 0 Å². The van der Waals surface area contributed by atoms with Crippen molar-refractivity contribution in [1.29, 1.82) is 0 Å². The molecule has 0 aliphatic heterocycles. The molecule has 0 unspecified atom stereocenters. The van der Waals surface area contributed by atoms with Gasteiger partial charge in [0.2, 0.25) is 0 Å². The van der Waals surface area contributed by atoms with Gasteiger partial charge in [-0.05, 0) is 91.5 Å². The summed E-state index contributed by atoms with van der Waals surface area (Å²) >= 11 is 0. The Labute approximate surface area is 389 Å². The van der Waals surface area contributed by atoms with Gasteiger partial charge in [-0.25, -0.2) is 15.0 Å². The summed E-state index contributed by atoms with van der Waals surface area (Å²) < 4.78 is 6.90. The average molecular weight is 856 g/mol. The fourth-order valence-electron chi connectivity index (χ4n) is 9.25. The topological polar surface area (TPSA) is 51.8 Å². The molecule has 0 aliphatic carbocycles. The Morgan fingerprint density at radius 3 is 1.27 bits per heavy atom. The van der Waals surface area contributed by atoms with Crippen molar-refractivity contribution in [2.75, 3.05) is 0 Å². The van der Waals surface area contributed by atoms with Crippen LogP contribution in [0.3, 0.4) is 0 Å². The quantitative estimate of drug-likeness (QED) is 0.145. The van der Waals surface area contributed by atoms with Crippen LogP contribution in [-0.2, 0) is 0 Å². The number of aromatic nitrogens is 3. The van der Waals surface area contributed by atoms with E-state index in [0.717, 1.165) is 94.3 Å². The smallest absolute Gasteiger partial charge is 0.164 e. The van der Waals surface area contributed by atoms with E-state index in [4.69, 9.17) is 19.4 Å². The van der Waals surface area contributed by atoms with Crippen LogP contribution in [0.25, 0.3) is 123 Å². The molecule has 2 heterocycles. The summed E-state index contributed by atoms with van der Waals surface area (Å²) in [5.41, 5.74) is 17.6. The molecule has 4 heteroatoms. The van der Waals surface area contributed by atoms with Gasteiger partial charge in [-0.3, -0.25) is 0 Å². The van der Waals surface area contributed by atoms with Crippen LogP contribution in [0, 0.1) is 0 Å². The van der Waals surface area contributed by atoms with Crippen LogP contribution in [0.1, 0.15) is 0 Å². The molecule has 0 bridgehead atoms. The first-order valence-electron chi connectivity index (χ1n) is 22.6. The molecular weight excluding hydrogens is 815 g/mol. The van der Waals surface area contributed by atoms with Gasteiger partial charge in [0.1, 0.15) is 11.2 Å². The van der Waals surface area contributed by atoms with Crippen LogP contribution < -0.4 is 0 Å². The van der Waals surface area contributed by atoms with Gasteiger partial charge in [0.15, 0.2) is 17.5 Å². The Kier molecular flexibility index (Phi) is 10.2. The molecule has 314 valence electrons. The van der Waals surface area contributed by atoms with Crippen molar-refractivity contribution in [3.8, 4) is 101 Å². The normalized spacial score (nSPS) is 11.3. The fourth-order valence-corrected chi connectivity index (χ4v) is 9.25. The number of hydrogen-bond donors (Lipinski definition) is 0. The van der Waals surface area contributed by atoms with Crippen LogP contribution in [0.4, 0.5) is 0 Å². The van der Waals surface area contributed by atoms with Crippen molar-refractivity contribution in [2.45, 2.75) is 0 Å². The van der Waals surface area contributed by atoms with E-state index in [9.17, 15) is 0 Å². The lowest BCUT2D eigenvalue weighted by atomic mass is 9.90. The molecular formula is C63H41N3O. The highest BCUT2D eigenvalue weighted by molar-refractivity contribution is 6.15. The Balaban J connectivity index is 1.05. The number of furan rings is 1. The molecule has 0 amide bonds. The first kappa shape index (κ1) is 39.6.